The molecule has 0 aliphatic rings. The van der Waals surface area contributed by atoms with Crippen molar-refractivity contribution < 1.29 is 14.7 Å². The number of halogens is 1. The number of nitrogens with one attached hydrogen (secondary N) is 1. The number of carbonyl (C=O) groups is 2. The minimum atomic E-state index is -1.10. The first-order chi connectivity index (χ1) is 9.47. The molecule has 104 valence electrons. The van der Waals surface area contributed by atoms with Gasteiger partial charge in [0.2, 0.25) is 5.91 Å². The van der Waals surface area contributed by atoms with Gasteiger partial charge in [0.15, 0.2) is 0 Å². The molecule has 7 heteroatoms. The van der Waals surface area contributed by atoms with Crippen LogP contribution in [-0.2, 0) is 11.2 Å². The molecule has 0 atom stereocenters. The van der Waals surface area contributed by atoms with E-state index < -0.39 is 5.97 Å². The molecule has 0 saturated carbocycles. The van der Waals surface area contributed by atoms with Crippen LogP contribution in [0.5, 0.6) is 0 Å². The number of hydrogen-bond donors (Lipinski definition) is 2. The molecule has 1 aromatic heterocycles. The third kappa shape index (κ3) is 3.34. The Kier molecular flexibility index (Phi) is 4.36. The van der Waals surface area contributed by atoms with Gasteiger partial charge in [-0.3, -0.25) is 4.79 Å². The summed E-state index contributed by atoms with van der Waals surface area (Å²) in [5.74, 6) is -1.39. The second-order valence-electron chi connectivity index (χ2n) is 4.13. The number of aromatic nitrogens is 1. The van der Waals surface area contributed by atoms with Crippen LogP contribution in [0, 0.1) is 6.92 Å². The van der Waals surface area contributed by atoms with Crippen LogP contribution < -0.4 is 5.32 Å². The molecule has 0 saturated heterocycles. The van der Waals surface area contributed by atoms with Crippen molar-refractivity contribution in [2.75, 3.05) is 5.32 Å². The van der Waals surface area contributed by atoms with Gasteiger partial charge in [0.1, 0.15) is 10.6 Å². The molecular formula is C13H11ClN2O3S. The van der Waals surface area contributed by atoms with E-state index in [4.69, 9.17) is 16.7 Å². The zero-order valence-corrected chi connectivity index (χ0v) is 12.1. The van der Waals surface area contributed by atoms with E-state index in [2.05, 4.69) is 9.69 Å². The molecule has 0 radical (unpaired) electrons. The van der Waals surface area contributed by atoms with E-state index in [-0.39, 0.29) is 22.9 Å². The van der Waals surface area contributed by atoms with Gasteiger partial charge in [0.25, 0.3) is 0 Å². The minimum absolute atomic E-state index is 0.0412. The molecule has 2 aromatic rings. The average Bonchev–Trinajstić information content (AvgIpc) is 2.73. The highest BCUT2D eigenvalue weighted by Crippen LogP contribution is 2.24. The third-order valence-electron chi connectivity index (χ3n) is 2.61. The summed E-state index contributed by atoms with van der Waals surface area (Å²) in [7, 11) is 0. The first kappa shape index (κ1) is 14.5. The van der Waals surface area contributed by atoms with E-state index in [9.17, 15) is 9.59 Å². The molecule has 0 aliphatic heterocycles. The van der Waals surface area contributed by atoms with Crippen molar-refractivity contribution in [3.05, 3.63) is 46.1 Å². The number of carboxylic acids is 1. The number of hydrogen-bond acceptors (Lipinski definition) is 4. The summed E-state index contributed by atoms with van der Waals surface area (Å²) in [6.45, 7) is 1.59. The number of carbonyl (C=O) groups excluding carboxylic acids is 1. The predicted molar refractivity (Wildman–Crippen MR) is 77.6 cm³/mol. The first-order valence-corrected chi connectivity index (χ1v) is 6.86. The fraction of sp³-hybridized carbons (Fsp3) is 0.154. The van der Waals surface area contributed by atoms with E-state index >= 15 is 0 Å². The number of aryl methyl sites for hydroxylation is 1. The highest BCUT2D eigenvalue weighted by Gasteiger charge is 2.19. The van der Waals surface area contributed by atoms with Crippen LogP contribution in [0.15, 0.2) is 24.3 Å². The lowest BCUT2D eigenvalue weighted by Crippen LogP contribution is -2.15. The van der Waals surface area contributed by atoms with Crippen LogP contribution >= 0.6 is 23.1 Å². The van der Waals surface area contributed by atoms with Gasteiger partial charge < -0.3 is 10.4 Å². The largest absolute Gasteiger partial charge is 0.478 e. The monoisotopic (exact) mass is 310 g/mol. The van der Waals surface area contributed by atoms with Gasteiger partial charge in [0.05, 0.1) is 12.1 Å². The molecule has 2 rings (SSSR count). The van der Waals surface area contributed by atoms with Gasteiger partial charge in [-0.2, -0.15) is 4.37 Å². The highest BCUT2D eigenvalue weighted by molar-refractivity contribution is 7.11. The Morgan fingerprint density at radius 3 is 2.60 bits per heavy atom. The van der Waals surface area contributed by atoms with Crippen LogP contribution in [-0.4, -0.2) is 21.4 Å². The van der Waals surface area contributed by atoms with Crippen LogP contribution in [0.4, 0.5) is 5.00 Å². The summed E-state index contributed by atoms with van der Waals surface area (Å²) in [6, 6.07) is 6.89. The molecular weight excluding hydrogens is 300 g/mol. The number of aromatic carboxylic acids is 1. The Balaban J connectivity index is 2.09. The van der Waals surface area contributed by atoms with Crippen molar-refractivity contribution in [2.45, 2.75) is 13.3 Å². The molecule has 0 bridgehead atoms. The number of rotatable bonds is 4. The predicted octanol–water partition coefficient (Wildman–Crippen LogP) is 2.98. The maximum Gasteiger partial charge on any atom is 0.340 e. The maximum atomic E-state index is 11.9. The molecule has 0 unspecified atom stereocenters. The number of anilines is 1. The van der Waals surface area contributed by atoms with Crippen LogP contribution in [0.2, 0.25) is 5.02 Å². The molecule has 1 amide bonds. The highest BCUT2D eigenvalue weighted by atomic mass is 35.5. The van der Waals surface area contributed by atoms with E-state index in [1.165, 1.54) is 0 Å². The Morgan fingerprint density at radius 1 is 1.35 bits per heavy atom. The summed E-state index contributed by atoms with van der Waals surface area (Å²) in [5.41, 5.74) is 1.23. The summed E-state index contributed by atoms with van der Waals surface area (Å²) in [6.07, 6.45) is 0.146. The zero-order chi connectivity index (χ0) is 14.7. The molecule has 0 spiro atoms. The third-order valence-corrected chi connectivity index (χ3v) is 3.71. The lowest BCUT2D eigenvalue weighted by atomic mass is 10.1. The quantitative estimate of drug-likeness (QED) is 0.910. The van der Waals surface area contributed by atoms with Gasteiger partial charge >= 0.3 is 5.97 Å². The standard InChI is InChI=1S/C13H11ClN2O3S/c1-7-11(13(18)19)12(20-16-7)15-10(17)6-8-2-4-9(14)5-3-8/h2-5H,6H2,1H3,(H,15,17)(H,18,19). The second-order valence-corrected chi connectivity index (χ2v) is 5.34. The molecule has 1 aromatic carbocycles. The van der Waals surface area contributed by atoms with Crippen LogP contribution in [0.1, 0.15) is 21.6 Å². The number of amides is 1. The fourth-order valence-electron chi connectivity index (χ4n) is 1.67. The smallest absolute Gasteiger partial charge is 0.340 e. The number of carboxylic acid groups (broad SMARTS) is 1. The molecule has 0 aliphatic carbocycles. The van der Waals surface area contributed by atoms with Crippen molar-refractivity contribution in [3.63, 3.8) is 0 Å². The SMILES string of the molecule is Cc1nsc(NC(=O)Cc2ccc(Cl)cc2)c1C(=O)O. The van der Waals surface area contributed by atoms with E-state index in [1.807, 2.05) is 0 Å². The zero-order valence-electron chi connectivity index (χ0n) is 10.5. The summed E-state index contributed by atoms with van der Waals surface area (Å²) in [4.78, 5) is 23.0. The van der Waals surface area contributed by atoms with Gasteiger partial charge in [-0.15, -0.1) is 0 Å². The lowest BCUT2D eigenvalue weighted by Gasteiger charge is -2.04. The summed E-state index contributed by atoms with van der Waals surface area (Å²) in [5, 5.41) is 12.5. The van der Waals surface area contributed by atoms with Crippen LogP contribution in [0.25, 0.3) is 0 Å². The average molecular weight is 311 g/mol. The van der Waals surface area contributed by atoms with Gasteiger partial charge in [0, 0.05) is 5.02 Å². The molecule has 0 fully saturated rings. The van der Waals surface area contributed by atoms with Gasteiger partial charge in [-0.1, -0.05) is 23.7 Å². The van der Waals surface area contributed by atoms with Crippen molar-refractivity contribution in [1.29, 1.82) is 0 Å². The fourth-order valence-corrected chi connectivity index (χ4v) is 2.60. The topological polar surface area (TPSA) is 79.3 Å². The van der Waals surface area contributed by atoms with Crippen LogP contribution in [0.3, 0.4) is 0 Å². The second kappa shape index (κ2) is 6.02. The lowest BCUT2D eigenvalue weighted by molar-refractivity contribution is -0.115. The Morgan fingerprint density at radius 2 is 2.00 bits per heavy atom. The molecule has 5 nitrogen and oxygen atoms in total. The van der Waals surface area contributed by atoms with Gasteiger partial charge in [-0.25, -0.2) is 4.79 Å². The Labute approximate surface area is 124 Å². The van der Waals surface area contributed by atoms with Crippen molar-refractivity contribution in [1.82, 2.24) is 4.37 Å². The van der Waals surface area contributed by atoms with E-state index in [1.54, 1.807) is 31.2 Å². The number of nitrogens with zero attached hydrogens (tertiary/aromatic N) is 1. The van der Waals surface area contributed by atoms with Gasteiger partial charge in [-0.05, 0) is 36.2 Å². The molecule has 1 heterocycles. The Hall–Kier alpha value is -1.92. The van der Waals surface area contributed by atoms with Crippen molar-refractivity contribution >= 4 is 40.0 Å². The summed E-state index contributed by atoms with van der Waals surface area (Å²) < 4.78 is 3.94. The summed E-state index contributed by atoms with van der Waals surface area (Å²) >= 11 is 6.73. The minimum Gasteiger partial charge on any atom is -0.478 e. The first-order valence-electron chi connectivity index (χ1n) is 5.71. The van der Waals surface area contributed by atoms with E-state index in [0.717, 1.165) is 17.1 Å². The Bertz CT molecular complexity index is 652. The normalized spacial score (nSPS) is 10.3. The molecule has 20 heavy (non-hydrogen) atoms. The van der Waals surface area contributed by atoms with E-state index in [0.29, 0.717) is 10.7 Å². The maximum absolute atomic E-state index is 11.9. The van der Waals surface area contributed by atoms with Crippen molar-refractivity contribution in [2.24, 2.45) is 0 Å². The number of benzene rings is 1. The van der Waals surface area contributed by atoms with Crippen molar-refractivity contribution in [3.8, 4) is 0 Å². The molecule has 2 N–H and O–H groups in total.